The van der Waals surface area contributed by atoms with Crippen LogP contribution in [0.25, 0.3) is 11.1 Å². The highest BCUT2D eigenvalue weighted by Crippen LogP contribution is 2.41. The van der Waals surface area contributed by atoms with Crippen molar-refractivity contribution in [2.75, 3.05) is 7.11 Å². The maximum atomic E-state index is 6.21. The molecule has 0 N–H and O–H groups in total. The van der Waals surface area contributed by atoms with Gasteiger partial charge in [0.2, 0.25) is 5.88 Å². The Kier molecular flexibility index (Phi) is 2.41. The number of ether oxygens (including phenoxy) is 2. The van der Waals surface area contributed by atoms with Gasteiger partial charge in [0.25, 0.3) is 0 Å². The van der Waals surface area contributed by atoms with Crippen molar-refractivity contribution in [3.63, 3.8) is 0 Å². The van der Waals surface area contributed by atoms with Crippen molar-refractivity contribution in [3.8, 4) is 22.8 Å². The molecule has 2 aromatic rings. The number of hydrogen-bond acceptors (Lipinski definition) is 3. The van der Waals surface area contributed by atoms with Gasteiger partial charge in [0.05, 0.1) is 7.11 Å². The summed E-state index contributed by atoms with van der Waals surface area (Å²) in [6.07, 6.45) is 0. The van der Waals surface area contributed by atoms with Crippen molar-refractivity contribution < 1.29 is 9.47 Å². The fraction of sp³-hybridized carbons (Fsp3) is 0.154. The lowest BCUT2D eigenvalue weighted by Crippen LogP contribution is -2.07. The molecule has 1 aliphatic rings. The van der Waals surface area contributed by atoms with Gasteiger partial charge in [-0.3, -0.25) is 0 Å². The third-order valence-electron chi connectivity index (χ3n) is 2.78. The summed E-state index contributed by atoms with van der Waals surface area (Å²) in [5.41, 5.74) is 2.92. The van der Waals surface area contributed by atoms with E-state index in [1.54, 1.807) is 7.11 Å². The maximum absolute atomic E-state index is 6.21. The third kappa shape index (κ3) is 1.63. The second-order valence-corrected chi connectivity index (χ2v) is 4.13. The first-order valence-electron chi connectivity index (χ1n) is 5.25. The van der Waals surface area contributed by atoms with Crippen LogP contribution in [0.5, 0.6) is 11.6 Å². The van der Waals surface area contributed by atoms with E-state index in [9.17, 15) is 0 Å². The molecule has 86 valence electrons. The normalized spacial score (nSPS) is 12.4. The van der Waals surface area contributed by atoms with E-state index < -0.39 is 0 Å². The molecule has 0 aliphatic carbocycles. The molecule has 1 aromatic heterocycles. The molecule has 4 heteroatoms. The standard InChI is InChI=1S/C13H10ClNO2/c1-16-11-6-8-7-17-10-5-3-2-4-9(10)12(8)13(14)15-11/h2-6H,7H2,1H3. The lowest BCUT2D eigenvalue weighted by atomic mass is 9.99. The van der Waals surface area contributed by atoms with Gasteiger partial charge >= 0.3 is 0 Å². The molecule has 0 atom stereocenters. The number of para-hydroxylation sites is 1. The Hall–Kier alpha value is -1.74. The molecule has 0 saturated heterocycles. The molecule has 0 fully saturated rings. The molecule has 0 spiro atoms. The summed E-state index contributed by atoms with van der Waals surface area (Å²) in [5.74, 6) is 1.35. The number of methoxy groups -OCH3 is 1. The Morgan fingerprint density at radius 2 is 2.18 bits per heavy atom. The molecule has 17 heavy (non-hydrogen) atoms. The van der Waals surface area contributed by atoms with Gasteiger partial charge < -0.3 is 9.47 Å². The van der Waals surface area contributed by atoms with E-state index in [0.29, 0.717) is 17.6 Å². The average molecular weight is 248 g/mol. The summed E-state index contributed by atoms with van der Waals surface area (Å²) in [4.78, 5) is 4.19. The highest BCUT2D eigenvalue weighted by Gasteiger charge is 2.21. The van der Waals surface area contributed by atoms with Gasteiger partial charge in [0.1, 0.15) is 17.5 Å². The van der Waals surface area contributed by atoms with E-state index in [0.717, 1.165) is 22.4 Å². The zero-order valence-corrected chi connectivity index (χ0v) is 9.99. The first-order chi connectivity index (χ1) is 8.29. The Balaban J connectivity index is 2.25. The molecule has 3 nitrogen and oxygen atoms in total. The molecular formula is C13H10ClNO2. The van der Waals surface area contributed by atoms with E-state index in [1.807, 2.05) is 30.3 Å². The highest BCUT2D eigenvalue weighted by molar-refractivity contribution is 6.32. The number of aromatic nitrogens is 1. The topological polar surface area (TPSA) is 31.4 Å². The number of benzene rings is 1. The number of nitrogens with zero attached hydrogens (tertiary/aromatic N) is 1. The number of pyridine rings is 1. The third-order valence-corrected chi connectivity index (χ3v) is 3.06. The summed E-state index contributed by atoms with van der Waals surface area (Å²) >= 11 is 6.21. The van der Waals surface area contributed by atoms with E-state index in [2.05, 4.69) is 4.98 Å². The largest absolute Gasteiger partial charge is 0.488 e. The van der Waals surface area contributed by atoms with Gasteiger partial charge in [-0.1, -0.05) is 29.8 Å². The minimum Gasteiger partial charge on any atom is -0.488 e. The summed E-state index contributed by atoms with van der Waals surface area (Å²) in [5, 5.41) is 0.454. The molecule has 0 amide bonds. The van der Waals surface area contributed by atoms with Gasteiger partial charge in [0.15, 0.2) is 0 Å². The SMILES string of the molecule is COc1cc2c(c(Cl)n1)-c1ccccc1OC2. The summed E-state index contributed by atoms with van der Waals surface area (Å²) < 4.78 is 10.8. The minimum absolute atomic E-state index is 0.454. The van der Waals surface area contributed by atoms with Crippen molar-refractivity contribution in [2.45, 2.75) is 6.61 Å². The molecule has 0 saturated carbocycles. The van der Waals surface area contributed by atoms with Crippen LogP contribution in [0.15, 0.2) is 30.3 Å². The van der Waals surface area contributed by atoms with E-state index in [-0.39, 0.29) is 0 Å². The molecule has 0 bridgehead atoms. The van der Waals surface area contributed by atoms with Crippen molar-refractivity contribution in [1.29, 1.82) is 0 Å². The molecule has 0 radical (unpaired) electrons. The van der Waals surface area contributed by atoms with Crippen molar-refractivity contribution in [2.24, 2.45) is 0 Å². The number of hydrogen-bond donors (Lipinski definition) is 0. The smallest absolute Gasteiger partial charge is 0.214 e. The lowest BCUT2D eigenvalue weighted by Gasteiger charge is -2.21. The fourth-order valence-electron chi connectivity index (χ4n) is 2.00. The van der Waals surface area contributed by atoms with Crippen LogP contribution in [0.4, 0.5) is 0 Å². The van der Waals surface area contributed by atoms with Crippen LogP contribution in [0.3, 0.4) is 0 Å². The van der Waals surface area contributed by atoms with Gasteiger partial charge in [0, 0.05) is 22.8 Å². The molecule has 1 aromatic carbocycles. The second-order valence-electron chi connectivity index (χ2n) is 3.77. The van der Waals surface area contributed by atoms with E-state index in [4.69, 9.17) is 21.1 Å². The van der Waals surface area contributed by atoms with Crippen LogP contribution < -0.4 is 9.47 Å². The summed E-state index contributed by atoms with van der Waals surface area (Å²) in [7, 11) is 1.57. The van der Waals surface area contributed by atoms with Crippen molar-refractivity contribution >= 4 is 11.6 Å². The average Bonchev–Trinajstić information content (AvgIpc) is 2.37. The quantitative estimate of drug-likeness (QED) is 0.725. The van der Waals surface area contributed by atoms with Crippen LogP contribution in [0.2, 0.25) is 5.15 Å². The van der Waals surface area contributed by atoms with Crippen molar-refractivity contribution in [3.05, 3.63) is 41.0 Å². The Morgan fingerprint density at radius 1 is 1.35 bits per heavy atom. The first-order valence-corrected chi connectivity index (χ1v) is 5.63. The van der Waals surface area contributed by atoms with Gasteiger partial charge in [-0.25, -0.2) is 4.98 Å². The molecule has 3 rings (SSSR count). The first kappa shape index (κ1) is 10.4. The minimum atomic E-state index is 0.454. The predicted molar refractivity (Wildman–Crippen MR) is 65.6 cm³/mol. The van der Waals surface area contributed by atoms with Crippen molar-refractivity contribution in [1.82, 2.24) is 4.98 Å². The lowest BCUT2D eigenvalue weighted by molar-refractivity contribution is 0.300. The van der Waals surface area contributed by atoms with Gasteiger partial charge in [-0.05, 0) is 6.07 Å². The Bertz CT molecular complexity index is 584. The molecule has 2 heterocycles. The van der Waals surface area contributed by atoms with E-state index >= 15 is 0 Å². The molecular weight excluding hydrogens is 238 g/mol. The zero-order chi connectivity index (χ0) is 11.8. The Labute approximate surface area is 104 Å². The van der Waals surface area contributed by atoms with Gasteiger partial charge in [-0.15, -0.1) is 0 Å². The van der Waals surface area contributed by atoms with E-state index in [1.165, 1.54) is 0 Å². The molecule has 0 unspecified atom stereocenters. The Morgan fingerprint density at radius 3 is 3.00 bits per heavy atom. The second kappa shape index (κ2) is 3.93. The summed E-state index contributed by atoms with van der Waals surface area (Å²) in [6, 6.07) is 9.66. The van der Waals surface area contributed by atoms with Crippen LogP contribution >= 0.6 is 11.6 Å². The predicted octanol–water partition coefficient (Wildman–Crippen LogP) is 3.30. The number of rotatable bonds is 1. The number of fused-ring (bicyclic) bond motifs is 3. The van der Waals surface area contributed by atoms with Crippen LogP contribution in [-0.2, 0) is 6.61 Å². The number of halogens is 1. The molecule has 1 aliphatic heterocycles. The fourth-order valence-corrected chi connectivity index (χ4v) is 2.30. The summed E-state index contributed by atoms with van der Waals surface area (Å²) in [6.45, 7) is 0.491. The van der Waals surface area contributed by atoms with Crippen LogP contribution in [0, 0.1) is 0 Å². The zero-order valence-electron chi connectivity index (χ0n) is 9.24. The highest BCUT2D eigenvalue weighted by atomic mass is 35.5. The van der Waals surface area contributed by atoms with Gasteiger partial charge in [-0.2, -0.15) is 0 Å². The van der Waals surface area contributed by atoms with Crippen LogP contribution in [-0.4, -0.2) is 12.1 Å². The maximum Gasteiger partial charge on any atom is 0.214 e. The van der Waals surface area contributed by atoms with Crippen LogP contribution in [0.1, 0.15) is 5.56 Å². The monoisotopic (exact) mass is 247 g/mol.